The molecule has 1 aliphatic carbocycles. The van der Waals surface area contributed by atoms with Gasteiger partial charge in [-0.3, -0.25) is 0 Å². The fourth-order valence-electron chi connectivity index (χ4n) is 2.48. The second-order valence-corrected chi connectivity index (χ2v) is 4.49. The highest BCUT2D eigenvalue weighted by Crippen LogP contribution is 2.27. The monoisotopic (exact) mass is 194 g/mol. The van der Waals surface area contributed by atoms with Gasteiger partial charge in [-0.05, 0) is 25.7 Å². The maximum atomic E-state index is 8.60. The Morgan fingerprint density at radius 2 is 2.14 bits per heavy atom. The number of hydrogen-bond donors (Lipinski definition) is 1. The van der Waals surface area contributed by atoms with Crippen molar-refractivity contribution in [3.63, 3.8) is 0 Å². The molecule has 2 nitrogen and oxygen atoms in total. The molecule has 2 heteroatoms. The molecule has 3 atom stereocenters. The average molecular weight is 194 g/mol. The van der Waals surface area contributed by atoms with Gasteiger partial charge in [0.15, 0.2) is 0 Å². The number of nitrogens with zero attached hydrogens (tertiary/aromatic N) is 1. The summed E-state index contributed by atoms with van der Waals surface area (Å²) in [5.41, 5.74) is 0. The van der Waals surface area contributed by atoms with Crippen LogP contribution in [-0.2, 0) is 0 Å². The van der Waals surface area contributed by atoms with Crippen LogP contribution in [0.2, 0.25) is 0 Å². The Kier molecular flexibility index (Phi) is 4.97. The van der Waals surface area contributed by atoms with Crippen molar-refractivity contribution in [2.24, 2.45) is 5.92 Å². The van der Waals surface area contributed by atoms with Gasteiger partial charge in [0.25, 0.3) is 0 Å². The zero-order valence-electron chi connectivity index (χ0n) is 9.42. The van der Waals surface area contributed by atoms with Crippen molar-refractivity contribution in [1.29, 1.82) is 5.26 Å². The Balaban J connectivity index is 2.36. The summed E-state index contributed by atoms with van der Waals surface area (Å²) in [6.07, 6.45) is 7.32. The van der Waals surface area contributed by atoms with Crippen LogP contribution in [0.5, 0.6) is 0 Å². The van der Waals surface area contributed by atoms with E-state index in [9.17, 15) is 0 Å². The van der Waals surface area contributed by atoms with E-state index in [-0.39, 0.29) is 0 Å². The van der Waals surface area contributed by atoms with E-state index in [2.05, 4.69) is 25.2 Å². The standard InChI is InChI=1S/C12H22N2/c1-3-11-6-4-5-7-12(11)14-10(2)8-9-13/h10-12,14H,3-8H2,1-2H3. The fraction of sp³-hybridized carbons (Fsp3) is 0.917. The lowest BCUT2D eigenvalue weighted by molar-refractivity contribution is 0.240. The van der Waals surface area contributed by atoms with E-state index < -0.39 is 0 Å². The number of rotatable bonds is 4. The summed E-state index contributed by atoms with van der Waals surface area (Å²) in [5, 5.41) is 12.2. The molecule has 0 bridgehead atoms. The zero-order valence-corrected chi connectivity index (χ0v) is 9.42. The molecule has 1 fully saturated rings. The van der Waals surface area contributed by atoms with Crippen molar-refractivity contribution < 1.29 is 0 Å². The normalized spacial score (nSPS) is 29.5. The Morgan fingerprint density at radius 3 is 2.79 bits per heavy atom. The molecule has 1 aliphatic rings. The molecule has 0 radical (unpaired) electrons. The number of nitriles is 1. The minimum absolute atomic E-state index is 0.358. The molecule has 0 saturated heterocycles. The topological polar surface area (TPSA) is 35.8 Å². The first kappa shape index (κ1) is 11.5. The van der Waals surface area contributed by atoms with Crippen molar-refractivity contribution in [3.05, 3.63) is 0 Å². The number of nitrogens with one attached hydrogen (secondary N) is 1. The van der Waals surface area contributed by atoms with Crippen molar-refractivity contribution in [3.8, 4) is 6.07 Å². The van der Waals surface area contributed by atoms with Gasteiger partial charge < -0.3 is 5.32 Å². The molecule has 0 heterocycles. The minimum Gasteiger partial charge on any atom is -0.310 e. The van der Waals surface area contributed by atoms with E-state index in [4.69, 9.17) is 5.26 Å². The predicted octanol–water partition coefficient (Wildman–Crippen LogP) is 2.85. The molecular weight excluding hydrogens is 172 g/mol. The van der Waals surface area contributed by atoms with E-state index in [0.29, 0.717) is 18.5 Å². The van der Waals surface area contributed by atoms with E-state index in [1.165, 1.54) is 32.1 Å². The van der Waals surface area contributed by atoms with Crippen molar-refractivity contribution in [1.82, 2.24) is 5.32 Å². The van der Waals surface area contributed by atoms with E-state index in [1.807, 2.05) is 0 Å². The predicted molar refractivity (Wildman–Crippen MR) is 58.9 cm³/mol. The molecule has 0 aromatic carbocycles. The van der Waals surface area contributed by atoms with Crippen LogP contribution in [-0.4, -0.2) is 12.1 Å². The zero-order chi connectivity index (χ0) is 10.4. The lowest BCUT2D eigenvalue weighted by Crippen LogP contribution is -2.42. The average Bonchev–Trinajstić information content (AvgIpc) is 2.19. The van der Waals surface area contributed by atoms with Crippen LogP contribution >= 0.6 is 0 Å². The molecule has 14 heavy (non-hydrogen) atoms. The third-order valence-corrected chi connectivity index (χ3v) is 3.33. The summed E-state index contributed by atoms with van der Waals surface area (Å²) in [6.45, 7) is 4.39. The van der Waals surface area contributed by atoms with Gasteiger partial charge in [0.05, 0.1) is 12.5 Å². The molecule has 1 saturated carbocycles. The third kappa shape index (κ3) is 3.31. The maximum Gasteiger partial charge on any atom is 0.0638 e. The highest BCUT2D eigenvalue weighted by Gasteiger charge is 2.24. The van der Waals surface area contributed by atoms with Gasteiger partial charge in [0.1, 0.15) is 0 Å². The van der Waals surface area contributed by atoms with Crippen LogP contribution in [0.3, 0.4) is 0 Å². The highest BCUT2D eigenvalue weighted by atomic mass is 15.0. The molecule has 0 amide bonds. The summed E-state index contributed by atoms with van der Waals surface area (Å²) < 4.78 is 0. The highest BCUT2D eigenvalue weighted by molar-refractivity contribution is 4.85. The number of hydrogen-bond acceptors (Lipinski definition) is 2. The molecule has 1 rings (SSSR count). The van der Waals surface area contributed by atoms with E-state index in [0.717, 1.165) is 5.92 Å². The Morgan fingerprint density at radius 1 is 1.43 bits per heavy atom. The minimum atomic E-state index is 0.358. The van der Waals surface area contributed by atoms with Gasteiger partial charge in [-0.1, -0.05) is 26.2 Å². The molecule has 0 aromatic heterocycles. The summed E-state index contributed by atoms with van der Waals surface area (Å²) in [5.74, 6) is 0.838. The lowest BCUT2D eigenvalue weighted by Gasteiger charge is -2.33. The van der Waals surface area contributed by atoms with Gasteiger partial charge in [0.2, 0.25) is 0 Å². The molecule has 3 unspecified atom stereocenters. The van der Waals surface area contributed by atoms with Gasteiger partial charge >= 0.3 is 0 Å². The first-order valence-corrected chi connectivity index (χ1v) is 5.91. The Hall–Kier alpha value is -0.550. The summed E-state index contributed by atoms with van der Waals surface area (Å²) in [6, 6.07) is 3.25. The van der Waals surface area contributed by atoms with Crippen molar-refractivity contribution in [2.75, 3.05) is 0 Å². The van der Waals surface area contributed by atoms with Crippen LogP contribution in [0.1, 0.15) is 52.4 Å². The SMILES string of the molecule is CCC1CCCCC1NC(C)CC#N. The lowest BCUT2D eigenvalue weighted by atomic mass is 9.82. The van der Waals surface area contributed by atoms with Crippen LogP contribution in [0.4, 0.5) is 0 Å². The molecule has 80 valence electrons. The Labute approximate surface area is 87.7 Å². The quantitative estimate of drug-likeness (QED) is 0.747. The first-order valence-electron chi connectivity index (χ1n) is 5.91. The Bertz CT molecular complexity index is 195. The summed E-state index contributed by atoms with van der Waals surface area (Å²) in [4.78, 5) is 0. The maximum absolute atomic E-state index is 8.60. The molecular formula is C12H22N2. The third-order valence-electron chi connectivity index (χ3n) is 3.33. The summed E-state index contributed by atoms with van der Waals surface area (Å²) >= 11 is 0. The summed E-state index contributed by atoms with van der Waals surface area (Å²) in [7, 11) is 0. The van der Waals surface area contributed by atoms with E-state index >= 15 is 0 Å². The molecule has 1 N–H and O–H groups in total. The van der Waals surface area contributed by atoms with Gasteiger partial charge in [-0.15, -0.1) is 0 Å². The fourth-order valence-corrected chi connectivity index (χ4v) is 2.48. The second-order valence-electron chi connectivity index (χ2n) is 4.49. The largest absolute Gasteiger partial charge is 0.310 e. The van der Waals surface area contributed by atoms with Crippen molar-refractivity contribution in [2.45, 2.75) is 64.5 Å². The molecule has 0 spiro atoms. The van der Waals surface area contributed by atoms with Gasteiger partial charge in [-0.25, -0.2) is 0 Å². The van der Waals surface area contributed by atoms with E-state index in [1.54, 1.807) is 0 Å². The second kappa shape index (κ2) is 6.03. The molecule has 0 aromatic rings. The van der Waals surface area contributed by atoms with Crippen LogP contribution in [0.25, 0.3) is 0 Å². The van der Waals surface area contributed by atoms with Crippen molar-refractivity contribution >= 4 is 0 Å². The van der Waals surface area contributed by atoms with Gasteiger partial charge in [0, 0.05) is 12.1 Å². The smallest absolute Gasteiger partial charge is 0.0638 e. The first-order chi connectivity index (χ1) is 6.77. The van der Waals surface area contributed by atoms with Crippen LogP contribution < -0.4 is 5.32 Å². The van der Waals surface area contributed by atoms with Crippen LogP contribution in [0, 0.1) is 17.2 Å². The van der Waals surface area contributed by atoms with Gasteiger partial charge in [-0.2, -0.15) is 5.26 Å². The molecule has 0 aliphatic heterocycles. The van der Waals surface area contributed by atoms with Crippen LogP contribution in [0.15, 0.2) is 0 Å².